The molecule has 3 nitrogen and oxygen atoms in total. The zero-order valence-electron chi connectivity index (χ0n) is 9.71. The number of halogens is 2. The van der Waals surface area contributed by atoms with Gasteiger partial charge < -0.3 is 5.32 Å². The van der Waals surface area contributed by atoms with Gasteiger partial charge in [-0.1, -0.05) is 29.3 Å². The monoisotopic (exact) mass is 281 g/mol. The van der Waals surface area contributed by atoms with Crippen LogP contribution < -0.4 is 5.32 Å². The molecule has 3 rings (SSSR count). The van der Waals surface area contributed by atoms with E-state index in [1.807, 2.05) is 18.3 Å². The van der Waals surface area contributed by atoms with Gasteiger partial charge in [-0.2, -0.15) is 5.10 Å². The van der Waals surface area contributed by atoms with E-state index in [4.69, 9.17) is 23.2 Å². The molecule has 1 saturated carbocycles. The lowest BCUT2D eigenvalue weighted by Gasteiger charge is -2.05. The number of nitrogens with one attached hydrogen (secondary N) is 2. The Balaban J connectivity index is 1.85. The van der Waals surface area contributed by atoms with Crippen LogP contribution in [-0.2, 0) is 6.54 Å². The first-order chi connectivity index (χ1) is 8.74. The molecule has 0 spiro atoms. The van der Waals surface area contributed by atoms with E-state index < -0.39 is 0 Å². The third-order valence-corrected chi connectivity index (χ3v) is 3.82. The van der Waals surface area contributed by atoms with Gasteiger partial charge >= 0.3 is 0 Å². The summed E-state index contributed by atoms with van der Waals surface area (Å²) in [4.78, 5) is 0. The molecule has 1 fully saturated rings. The van der Waals surface area contributed by atoms with Crippen LogP contribution in [0.5, 0.6) is 0 Å². The van der Waals surface area contributed by atoms with Crippen LogP contribution in [0.1, 0.15) is 18.4 Å². The molecule has 0 radical (unpaired) electrons. The average Bonchev–Trinajstić information content (AvgIpc) is 3.08. The molecule has 0 amide bonds. The minimum atomic E-state index is 0.560. The van der Waals surface area contributed by atoms with E-state index in [0.717, 1.165) is 23.4 Å². The molecule has 0 bridgehead atoms. The van der Waals surface area contributed by atoms with Crippen LogP contribution in [0.25, 0.3) is 11.3 Å². The van der Waals surface area contributed by atoms with E-state index in [2.05, 4.69) is 15.5 Å². The normalized spacial score (nSPS) is 15.0. The molecular formula is C13H13Cl2N3. The van der Waals surface area contributed by atoms with E-state index in [1.165, 1.54) is 12.8 Å². The van der Waals surface area contributed by atoms with Crippen molar-refractivity contribution in [3.63, 3.8) is 0 Å². The number of nitrogens with zero attached hydrogens (tertiary/aromatic N) is 1. The summed E-state index contributed by atoms with van der Waals surface area (Å²) in [6.45, 7) is 0.830. The van der Waals surface area contributed by atoms with E-state index in [9.17, 15) is 0 Å². The molecule has 1 aromatic carbocycles. The summed E-state index contributed by atoms with van der Waals surface area (Å²) >= 11 is 12.0. The highest BCUT2D eigenvalue weighted by Gasteiger charge is 2.21. The summed E-state index contributed by atoms with van der Waals surface area (Å²) in [7, 11) is 0. The smallest absolute Gasteiger partial charge is 0.0695 e. The largest absolute Gasteiger partial charge is 0.310 e. The lowest BCUT2D eigenvalue weighted by atomic mass is 10.1. The third kappa shape index (κ3) is 2.53. The van der Waals surface area contributed by atoms with Gasteiger partial charge in [0.25, 0.3) is 0 Å². The number of hydrogen-bond donors (Lipinski definition) is 2. The van der Waals surface area contributed by atoms with Crippen molar-refractivity contribution in [2.45, 2.75) is 25.4 Å². The molecule has 0 atom stereocenters. The Bertz CT molecular complexity index is 561. The zero-order valence-corrected chi connectivity index (χ0v) is 11.2. The summed E-state index contributed by atoms with van der Waals surface area (Å²) in [5.74, 6) is 0. The van der Waals surface area contributed by atoms with Crippen LogP contribution in [0.3, 0.4) is 0 Å². The minimum Gasteiger partial charge on any atom is -0.310 e. The fourth-order valence-electron chi connectivity index (χ4n) is 1.89. The van der Waals surface area contributed by atoms with Crippen molar-refractivity contribution in [3.05, 3.63) is 40.0 Å². The predicted octanol–water partition coefficient (Wildman–Crippen LogP) is 3.64. The first-order valence-corrected chi connectivity index (χ1v) is 6.70. The fraction of sp³-hybridized carbons (Fsp3) is 0.308. The molecule has 0 aliphatic heterocycles. The Morgan fingerprint density at radius 2 is 2.11 bits per heavy atom. The van der Waals surface area contributed by atoms with Crippen molar-refractivity contribution >= 4 is 23.2 Å². The highest BCUT2D eigenvalue weighted by atomic mass is 35.5. The van der Waals surface area contributed by atoms with Crippen LogP contribution in [0.15, 0.2) is 24.4 Å². The van der Waals surface area contributed by atoms with Gasteiger partial charge in [0.05, 0.1) is 21.9 Å². The number of benzene rings is 1. The van der Waals surface area contributed by atoms with Gasteiger partial charge in [-0.05, 0) is 25.0 Å². The molecule has 1 aliphatic carbocycles. The van der Waals surface area contributed by atoms with Gasteiger partial charge in [-0.15, -0.1) is 0 Å². The molecule has 18 heavy (non-hydrogen) atoms. The number of rotatable bonds is 4. The first kappa shape index (κ1) is 12.0. The summed E-state index contributed by atoms with van der Waals surface area (Å²) in [6.07, 6.45) is 4.41. The van der Waals surface area contributed by atoms with Crippen molar-refractivity contribution in [2.24, 2.45) is 0 Å². The Labute approximate surface area is 115 Å². The topological polar surface area (TPSA) is 40.7 Å². The maximum absolute atomic E-state index is 6.04. The maximum Gasteiger partial charge on any atom is 0.0695 e. The van der Waals surface area contributed by atoms with Crippen LogP contribution in [0, 0.1) is 0 Å². The summed E-state index contributed by atoms with van der Waals surface area (Å²) in [5.41, 5.74) is 3.16. The third-order valence-electron chi connectivity index (χ3n) is 3.08. The number of aromatic amines is 1. The van der Waals surface area contributed by atoms with E-state index >= 15 is 0 Å². The van der Waals surface area contributed by atoms with Crippen LogP contribution in [0.4, 0.5) is 0 Å². The second-order valence-corrected chi connectivity index (χ2v) is 5.37. The standard InChI is InChI=1S/C13H13Cl2N3/c14-11-4-1-8(5-12(11)15)13-9(7-17-18-13)6-16-10-2-3-10/h1,4-5,7,10,16H,2-3,6H2,(H,17,18). The summed E-state index contributed by atoms with van der Waals surface area (Å²) < 4.78 is 0. The highest BCUT2D eigenvalue weighted by molar-refractivity contribution is 6.42. The van der Waals surface area contributed by atoms with Crippen LogP contribution in [0.2, 0.25) is 10.0 Å². The fourth-order valence-corrected chi connectivity index (χ4v) is 2.19. The van der Waals surface area contributed by atoms with Gasteiger partial charge in [0.1, 0.15) is 0 Å². The minimum absolute atomic E-state index is 0.560. The van der Waals surface area contributed by atoms with Crippen molar-refractivity contribution in [2.75, 3.05) is 0 Å². The van der Waals surface area contributed by atoms with Crippen molar-refractivity contribution < 1.29 is 0 Å². The van der Waals surface area contributed by atoms with Crippen LogP contribution in [-0.4, -0.2) is 16.2 Å². The van der Waals surface area contributed by atoms with Gasteiger partial charge in [0, 0.05) is 23.7 Å². The Kier molecular flexibility index (Phi) is 3.29. The predicted molar refractivity (Wildman–Crippen MR) is 73.9 cm³/mol. The maximum atomic E-state index is 6.04. The lowest BCUT2D eigenvalue weighted by molar-refractivity contribution is 0.689. The SMILES string of the molecule is Clc1ccc(-c2[nH]ncc2CNC2CC2)cc1Cl. The highest BCUT2D eigenvalue weighted by Crippen LogP contribution is 2.29. The molecular weight excluding hydrogens is 269 g/mol. The molecule has 5 heteroatoms. The Morgan fingerprint density at radius 1 is 1.28 bits per heavy atom. The Morgan fingerprint density at radius 3 is 2.83 bits per heavy atom. The lowest BCUT2D eigenvalue weighted by Crippen LogP contribution is -2.15. The van der Waals surface area contributed by atoms with E-state index in [0.29, 0.717) is 16.1 Å². The van der Waals surface area contributed by atoms with E-state index in [1.54, 1.807) is 6.07 Å². The summed E-state index contributed by atoms with van der Waals surface area (Å²) in [6, 6.07) is 6.29. The van der Waals surface area contributed by atoms with Gasteiger partial charge in [-0.25, -0.2) is 0 Å². The zero-order chi connectivity index (χ0) is 12.5. The van der Waals surface area contributed by atoms with E-state index in [-0.39, 0.29) is 0 Å². The second-order valence-electron chi connectivity index (χ2n) is 4.55. The molecule has 1 heterocycles. The molecule has 94 valence electrons. The molecule has 1 aliphatic rings. The quantitative estimate of drug-likeness (QED) is 0.899. The second kappa shape index (κ2) is 4.92. The molecule has 1 aromatic heterocycles. The Hall–Kier alpha value is -1.03. The first-order valence-electron chi connectivity index (χ1n) is 5.95. The van der Waals surface area contributed by atoms with Gasteiger partial charge in [0.2, 0.25) is 0 Å². The molecule has 0 unspecified atom stereocenters. The van der Waals surface area contributed by atoms with Gasteiger partial charge in [-0.3, -0.25) is 5.10 Å². The van der Waals surface area contributed by atoms with Crippen molar-refractivity contribution in [1.82, 2.24) is 15.5 Å². The van der Waals surface area contributed by atoms with Crippen molar-refractivity contribution in [1.29, 1.82) is 0 Å². The molecule has 2 N–H and O–H groups in total. The van der Waals surface area contributed by atoms with Gasteiger partial charge in [0.15, 0.2) is 0 Å². The number of aromatic nitrogens is 2. The average molecular weight is 282 g/mol. The summed E-state index contributed by atoms with van der Waals surface area (Å²) in [5, 5.41) is 11.7. The molecule has 0 saturated heterocycles. The van der Waals surface area contributed by atoms with Crippen molar-refractivity contribution in [3.8, 4) is 11.3 Å². The number of H-pyrrole nitrogens is 1. The number of hydrogen-bond acceptors (Lipinski definition) is 2. The van der Waals surface area contributed by atoms with Crippen LogP contribution >= 0.6 is 23.2 Å². The molecule has 2 aromatic rings.